The predicted octanol–water partition coefficient (Wildman–Crippen LogP) is 6.33. The van der Waals surface area contributed by atoms with Gasteiger partial charge in [-0.3, -0.25) is 4.79 Å². The number of carbonyl (C=O) groups is 3. The van der Waals surface area contributed by atoms with Crippen molar-refractivity contribution in [3.8, 4) is 0 Å². The summed E-state index contributed by atoms with van der Waals surface area (Å²) in [5.41, 5.74) is -0.275. The van der Waals surface area contributed by atoms with Crippen LogP contribution < -0.4 is 10.6 Å². The van der Waals surface area contributed by atoms with Crippen LogP contribution in [0.25, 0.3) is 0 Å². The van der Waals surface area contributed by atoms with E-state index < -0.39 is 0 Å². The van der Waals surface area contributed by atoms with Gasteiger partial charge in [-0.05, 0) is 114 Å². The fourth-order valence-electron chi connectivity index (χ4n) is 8.36. The highest BCUT2D eigenvalue weighted by Crippen LogP contribution is 2.56. The van der Waals surface area contributed by atoms with Crippen LogP contribution in [0.4, 0.5) is 9.59 Å². The first-order chi connectivity index (χ1) is 19.2. The predicted molar refractivity (Wildman–Crippen MR) is 152 cm³/mol. The van der Waals surface area contributed by atoms with Crippen LogP contribution in [0.3, 0.4) is 0 Å². The lowest BCUT2D eigenvalue weighted by Gasteiger charge is -2.36. The number of hydrogen-bond acceptors (Lipinski definition) is 5. The van der Waals surface area contributed by atoms with E-state index in [2.05, 4.69) is 48.8 Å². The van der Waals surface area contributed by atoms with Crippen molar-refractivity contribution in [2.75, 3.05) is 13.2 Å². The molecule has 7 nitrogen and oxygen atoms in total. The zero-order chi connectivity index (χ0) is 27.9. The number of carbonyl (C=O) groups excluding carboxylic acids is 3. The molecule has 6 aliphatic rings. The summed E-state index contributed by atoms with van der Waals surface area (Å²) in [5.74, 6) is 3.28. The molecule has 0 aromatic heterocycles. The molecule has 4 saturated carbocycles. The Bertz CT molecular complexity index is 967. The number of fused-ring (bicyclic) bond motifs is 4. The van der Waals surface area contributed by atoms with Gasteiger partial charge in [0.15, 0.2) is 0 Å². The summed E-state index contributed by atoms with van der Waals surface area (Å²) in [4.78, 5) is 38.3. The molecule has 4 bridgehead atoms. The molecular formula is C33H48N2O5. The van der Waals surface area contributed by atoms with E-state index in [1.54, 1.807) is 0 Å². The van der Waals surface area contributed by atoms with Crippen molar-refractivity contribution in [3.05, 3.63) is 24.3 Å². The van der Waals surface area contributed by atoms with Crippen molar-refractivity contribution in [1.29, 1.82) is 0 Å². The molecule has 0 saturated heterocycles. The fourth-order valence-corrected chi connectivity index (χ4v) is 8.36. The highest BCUT2D eigenvalue weighted by molar-refractivity contribution is 5.78. The molecule has 2 N–H and O–H groups in total. The van der Waals surface area contributed by atoms with E-state index in [4.69, 9.17) is 9.47 Å². The van der Waals surface area contributed by atoms with Gasteiger partial charge in [0.1, 0.15) is 5.78 Å². The van der Waals surface area contributed by atoms with Crippen molar-refractivity contribution in [1.82, 2.24) is 10.6 Å². The molecule has 4 fully saturated rings. The normalized spacial score (nSPS) is 36.5. The quantitative estimate of drug-likeness (QED) is 0.246. The first-order valence-electron chi connectivity index (χ1n) is 16.0. The Morgan fingerprint density at radius 3 is 1.48 bits per heavy atom. The topological polar surface area (TPSA) is 93.7 Å². The number of allylic oxidation sites excluding steroid dienone is 4. The Hall–Kier alpha value is -2.31. The highest BCUT2D eigenvalue weighted by atomic mass is 16.6. The molecule has 0 radical (unpaired) electrons. The van der Waals surface area contributed by atoms with Gasteiger partial charge in [0.05, 0.1) is 13.2 Å². The number of Topliss-reactive ketones (excluding diaryl/α,β-unsaturated/α-hetero) is 1. The maximum atomic E-state index is 13.3. The Kier molecular flexibility index (Phi) is 7.77. The summed E-state index contributed by atoms with van der Waals surface area (Å²) in [7, 11) is 0. The van der Waals surface area contributed by atoms with Crippen LogP contribution in [0.1, 0.15) is 90.9 Å². The average Bonchev–Trinajstić information content (AvgIpc) is 3.83. The van der Waals surface area contributed by atoms with E-state index in [9.17, 15) is 14.4 Å². The van der Waals surface area contributed by atoms with Crippen LogP contribution in [0.5, 0.6) is 0 Å². The first kappa shape index (κ1) is 27.8. The van der Waals surface area contributed by atoms with Crippen LogP contribution in [0.15, 0.2) is 24.3 Å². The lowest BCUT2D eigenvalue weighted by atomic mass is 9.71. The van der Waals surface area contributed by atoms with Crippen molar-refractivity contribution < 1.29 is 23.9 Å². The van der Waals surface area contributed by atoms with Crippen molar-refractivity contribution in [2.45, 2.75) is 103 Å². The number of hydrogen-bond donors (Lipinski definition) is 2. The summed E-state index contributed by atoms with van der Waals surface area (Å²) in [5, 5.41) is 6.01. The van der Waals surface area contributed by atoms with Gasteiger partial charge in [0, 0.05) is 35.8 Å². The molecule has 0 spiro atoms. The summed E-state index contributed by atoms with van der Waals surface area (Å²) < 4.78 is 11.6. The van der Waals surface area contributed by atoms with Gasteiger partial charge in [-0.15, -0.1) is 0 Å². The maximum Gasteiger partial charge on any atom is 0.407 e. The second-order valence-corrected chi connectivity index (χ2v) is 14.3. The van der Waals surface area contributed by atoms with E-state index in [1.807, 2.05) is 0 Å². The van der Waals surface area contributed by atoms with Gasteiger partial charge in [0.25, 0.3) is 0 Å². The lowest BCUT2D eigenvalue weighted by Crippen LogP contribution is -2.39. The van der Waals surface area contributed by atoms with E-state index in [-0.39, 0.29) is 40.9 Å². The Labute approximate surface area is 239 Å². The number of ether oxygens (including phenoxy) is 2. The van der Waals surface area contributed by atoms with Gasteiger partial charge in [-0.1, -0.05) is 24.3 Å². The molecule has 8 unspecified atom stereocenters. The van der Waals surface area contributed by atoms with E-state index >= 15 is 0 Å². The molecular weight excluding hydrogens is 504 g/mol. The van der Waals surface area contributed by atoms with E-state index in [0.29, 0.717) is 61.6 Å². The third-order valence-corrected chi connectivity index (χ3v) is 11.4. The number of alkyl carbamates (subject to hydrolysis) is 2. The number of nitrogens with one attached hydrogen (secondary N) is 2. The largest absolute Gasteiger partial charge is 0.449 e. The Balaban J connectivity index is 1.00. The second-order valence-electron chi connectivity index (χ2n) is 14.3. The minimum Gasteiger partial charge on any atom is -0.449 e. The minimum absolute atomic E-state index is 0.137. The molecule has 220 valence electrons. The van der Waals surface area contributed by atoms with Gasteiger partial charge in [0.2, 0.25) is 0 Å². The highest BCUT2D eigenvalue weighted by Gasteiger charge is 2.51. The van der Waals surface area contributed by atoms with Crippen LogP contribution in [-0.4, -0.2) is 43.3 Å². The molecule has 8 atom stereocenters. The van der Waals surface area contributed by atoms with E-state index in [1.165, 1.54) is 25.7 Å². The van der Waals surface area contributed by atoms with Crippen LogP contribution >= 0.6 is 0 Å². The van der Waals surface area contributed by atoms with E-state index in [0.717, 1.165) is 38.5 Å². The molecule has 0 aromatic rings. The average molecular weight is 553 g/mol. The number of rotatable bonds is 14. The van der Waals surface area contributed by atoms with Crippen LogP contribution in [0, 0.1) is 46.3 Å². The molecule has 2 amide bonds. The molecule has 0 heterocycles. The SMILES string of the molecule is CC(NC(=O)OCC1(CCC(=O)CCC2(COC(=O)NC(C)C3CC3)CC3C=CC2C3)CC2C=CC1C2)C1CC1. The van der Waals surface area contributed by atoms with Gasteiger partial charge in [-0.2, -0.15) is 0 Å². The summed E-state index contributed by atoms with van der Waals surface area (Å²) >= 11 is 0. The third-order valence-electron chi connectivity index (χ3n) is 11.4. The van der Waals surface area contributed by atoms with Gasteiger partial charge >= 0.3 is 12.2 Å². The van der Waals surface area contributed by atoms with Crippen molar-refractivity contribution >= 4 is 18.0 Å². The second kappa shape index (κ2) is 11.2. The molecule has 7 heteroatoms. The fraction of sp³-hybridized carbons (Fsp3) is 0.788. The minimum atomic E-state index is -0.321. The molecule has 6 aliphatic carbocycles. The lowest BCUT2D eigenvalue weighted by molar-refractivity contribution is -0.120. The van der Waals surface area contributed by atoms with Crippen LogP contribution in [0.2, 0.25) is 0 Å². The Morgan fingerprint density at radius 1 is 0.725 bits per heavy atom. The molecule has 0 aliphatic heterocycles. The third kappa shape index (κ3) is 6.13. The maximum absolute atomic E-state index is 13.3. The zero-order valence-corrected chi connectivity index (χ0v) is 24.4. The smallest absolute Gasteiger partial charge is 0.407 e. The molecule has 40 heavy (non-hydrogen) atoms. The van der Waals surface area contributed by atoms with Crippen LogP contribution in [-0.2, 0) is 14.3 Å². The Morgan fingerprint density at radius 2 is 1.15 bits per heavy atom. The number of ketones is 1. The molecule has 6 rings (SSSR count). The summed E-state index contributed by atoms with van der Waals surface area (Å²) in [6.07, 6.45) is 20.0. The first-order valence-corrected chi connectivity index (χ1v) is 16.0. The zero-order valence-electron chi connectivity index (χ0n) is 24.4. The van der Waals surface area contributed by atoms with Crippen molar-refractivity contribution in [2.24, 2.45) is 46.3 Å². The number of amides is 2. The van der Waals surface area contributed by atoms with Gasteiger partial charge in [-0.25, -0.2) is 9.59 Å². The standard InChI is InChI=1S/C33H48N2O5/c1-21(25-5-6-25)34-30(37)39-19-32(17-23-3-9-27(32)15-23)13-11-29(36)12-14-33(18-24-4-10-28(33)16-24)20-40-31(38)35-22(2)26-7-8-26/h3-4,9-10,21-28H,5-8,11-20H2,1-2H3,(H,34,37)(H,35,38). The molecule has 0 aromatic carbocycles. The van der Waals surface area contributed by atoms with Crippen molar-refractivity contribution in [3.63, 3.8) is 0 Å². The summed E-state index contributed by atoms with van der Waals surface area (Å²) in [6.45, 7) is 4.88. The van der Waals surface area contributed by atoms with Gasteiger partial charge < -0.3 is 20.1 Å². The summed E-state index contributed by atoms with van der Waals surface area (Å²) in [6, 6.07) is 0.323. The monoisotopic (exact) mass is 552 g/mol.